The Morgan fingerprint density at radius 2 is 1.88 bits per heavy atom. The summed E-state index contributed by atoms with van der Waals surface area (Å²) in [5.41, 5.74) is 6.59. The molecule has 1 aromatic carbocycles. The number of nitrogens with two attached hydrogens (primary N) is 1. The molecule has 0 aliphatic heterocycles. The third kappa shape index (κ3) is 4.14. The SMILES string of the molecule is COC(CNC(=O)C(N)c1ccccc1)OC. The van der Waals surface area contributed by atoms with E-state index in [0.29, 0.717) is 0 Å². The second-order valence-electron chi connectivity index (χ2n) is 3.53. The van der Waals surface area contributed by atoms with Crippen molar-refractivity contribution in [1.82, 2.24) is 5.32 Å². The zero-order valence-corrected chi connectivity index (χ0v) is 10.1. The second kappa shape index (κ2) is 7.01. The van der Waals surface area contributed by atoms with Crippen molar-refractivity contribution >= 4 is 5.91 Å². The molecule has 0 bridgehead atoms. The first-order valence-corrected chi connectivity index (χ1v) is 5.33. The summed E-state index contributed by atoms with van der Waals surface area (Å²) >= 11 is 0. The molecule has 1 aromatic rings. The summed E-state index contributed by atoms with van der Waals surface area (Å²) in [6, 6.07) is 8.51. The molecule has 0 spiro atoms. The molecule has 1 unspecified atom stereocenters. The van der Waals surface area contributed by atoms with E-state index < -0.39 is 12.3 Å². The smallest absolute Gasteiger partial charge is 0.241 e. The van der Waals surface area contributed by atoms with Gasteiger partial charge in [-0.05, 0) is 5.56 Å². The van der Waals surface area contributed by atoms with Crippen molar-refractivity contribution in [2.75, 3.05) is 20.8 Å². The van der Waals surface area contributed by atoms with Gasteiger partial charge >= 0.3 is 0 Å². The number of hydrogen-bond donors (Lipinski definition) is 2. The van der Waals surface area contributed by atoms with Crippen LogP contribution in [-0.4, -0.2) is 33.0 Å². The molecule has 17 heavy (non-hydrogen) atoms. The number of rotatable bonds is 6. The predicted molar refractivity (Wildman–Crippen MR) is 64.2 cm³/mol. The molecular formula is C12H18N2O3. The molecule has 0 saturated heterocycles. The molecule has 94 valence electrons. The summed E-state index contributed by atoms with van der Waals surface area (Å²) in [4.78, 5) is 11.7. The first-order chi connectivity index (χ1) is 8.19. The standard InChI is InChI=1S/C12H18N2O3/c1-16-10(17-2)8-14-12(15)11(13)9-6-4-3-5-7-9/h3-7,10-11H,8,13H2,1-2H3,(H,14,15). The quantitative estimate of drug-likeness (QED) is 0.704. The number of carbonyl (C=O) groups excluding carboxylic acids is 1. The first-order valence-electron chi connectivity index (χ1n) is 5.33. The topological polar surface area (TPSA) is 73.6 Å². The lowest BCUT2D eigenvalue weighted by Gasteiger charge is -2.16. The monoisotopic (exact) mass is 238 g/mol. The molecule has 1 atom stereocenters. The molecule has 0 fully saturated rings. The van der Waals surface area contributed by atoms with Gasteiger partial charge in [0.25, 0.3) is 0 Å². The van der Waals surface area contributed by atoms with E-state index in [2.05, 4.69) is 5.32 Å². The minimum Gasteiger partial charge on any atom is -0.354 e. The van der Waals surface area contributed by atoms with Gasteiger partial charge < -0.3 is 20.5 Å². The van der Waals surface area contributed by atoms with Crippen molar-refractivity contribution in [3.63, 3.8) is 0 Å². The van der Waals surface area contributed by atoms with Gasteiger partial charge in [-0.1, -0.05) is 30.3 Å². The zero-order valence-electron chi connectivity index (χ0n) is 10.1. The molecule has 0 aliphatic rings. The maximum Gasteiger partial charge on any atom is 0.241 e. The highest BCUT2D eigenvalue weighted by Crippen LogP contribution is 2.09. The van der Waals surface area contributed by atoms with Crippen LogP contribution < -0.4 is 11.1 Å². The Balaban J connectivity index is 2.48. The van der Waals surface area contributed by atoms with Crippen LogP contribution in [0.3, 0.4) is 0 Å². The Labute approximate surface area is 101 Å². The lowest BCUT2D eigenvalue weighted by Crippen LogP contribution is -2.39. The Bertz CT molecular complexity index is 339. The molecule has 0 aromatic heterocycles. The average molecular weight is 238 g/mol. The van der Waals surface area contributed by atoms with Gasteiger partial charge in [-0.15, -0.1) is 0 Å². The fraction of sp³-hybridized carbons (Fsp3) is 0.417. The fourth-order valence-electron chi connectivity index (χ4n) is 1.37. The number of hydrogen-bond acceptors (Lipinski definition) is 4. The predicted octanol–water partition coefficient (Wildman–Crippen LogP) is 0.422. The Hall–Kier alpha value is -1.43. The molecule has 0 radical (unpaired) electrons. The maximum absolute atomic E-state index is 11.7. The fourth-order valence-corrected chi connectivity index (χ4v) is 1.37. The van der Waals surface area contributed by atoms with Crippen molar-refractivity contribution in [2.45, 2.75) is 12.3 Å². The summed E-state index contributed by atoms with van der Waals surface area (Å²) in [7, 11) is 3.02. The molecule has 5 heteroatoms. The highest BCUT2D eigenvalue weighted by molar-refractivity contribution is 5.82. The van der Waals surface area contributed by atoms with Crippen molar-refractivity contribution < 1.29 is 14.3 Å². The summed E-state index contributed by atoms with van der Waals surface area (Å²) in [5, 5.41) is 2.67. The number of methoxy groups -OCH3 is 2. The van der Waals surface area contributed by atoms with E-state index in [1.165, 1.54) is 14.2 Å². The van der Waals surface area contributed by atoms with Crippen LogP contribution in [0.15, 0.2) is 30.3 Å². The van der Waals surface area contributed by atoms with Crippen LogP contribution >= 0.6 is 0 Å². The second-order valence-corrected chi connectivity index (χ2v) is 3.53. The number of benzene rings is 1. The normalized spacial score (nSPS) is 12.5. The van der Waals surface area contributed by atoms with Crippen LogP contribution in [0.1, 0.15) is 11.6 Å². The Morgan fingerprint density at radius 1 is 1.29 bits per heavy atom. The van der Waals surface area contributed by atoms with E-state index in [1.54, 1.807) is 0 Å². The van der Waals surface area contributed by atoms with Crippen molar-refractivity contribution in [2.24, 2.45) is 5.73 Å². The van der Waals surface area contributed by atoms with E-state index in [-0.39, 0.29) is 12.5 Å². The van der Waals surface area contributed by atoms with Gasteiger partial charge in [0, 0.05) is 14.2 Å². The first kappa shape index (κ1) is 13.6. The highest BCUT2D eigenvalue weighted by Gasteiger charge is 2.16. The summed E-state index contributed by atoms with van der Waals surface area (Å²) < 4.78 is 9.92. The molecular weight excluding hydrogens is 220 g/mol. The zero-order chi connectivity index (χ0) is 12.7. The van der Waals surface area contributed by atoms with Crippen LogP contribution in [0.4, 0.5) is 0 Å². The number of amides is 1. The minimum atomic E-state index is -0.675. The van der Waals surface area contributed by atoms with E-state index in [0.717, 1.165) is 5.56 Å². The van der Waals surface area contributed by atoms with Crippen LogP contribution in [0.2, 0.25) is 0 Å². The number of carbonyl (C=O) groups is 1. The van der Waals surface area contributed by atoms with Gasteiger partial charge in [0.2, 0.25) is 5.91 Å². The van der Waals surface area contributed by atoms with E-state index >= 15 is 0 Å². The molecule has 1 rings (SSSR count). The lowest BCUT2D eigenvalue weighted by atomic mass is 10.1. The van der Waals surface area contributed by atoms with Crippen molar-refractivity contribution in [3.8, 4) is 0 Å². The molecule has 0 aliphatic carbocycles. The average Bonchev–Trinajstić information content (AvgIpc) is 2.39. The third-order valence-corrected chi connectivity index (χ3v) is 2.41. The molecule has 0 heterocycles. The number of ether oxygens (including phenoxy) is 2. The van der Waals surface area contributed by atoms with Crippen molar-refractivity contribution in [1.29, 1.82) is 0 Å². The lowest BCUT2D eigenvalue weighted by molar-refractivity contribution is -0.128. The molecule has 5 nitrogen and oxygen atoms in total. The van der Waals surface area contributed by atoms with Gasteiger partial charge in [-0.25, -0.2) is 0 Å². The van der Waals surface area contributed by atoms with E-state index in [1.807, 2.05) is 30.3 Å². The highest BCUT2D eigenvalue weighted by atomic mass is 16.7. The van der Waals surface area contributed by atoms with Gasteiger partial charge in [0.15, 0.2) is 6.29 Å². The van der Waals surface area contributed by atoms with Gasteiger partial charge in [0.1, 0.15) is 6.04 Å². The Morgan fingerprint density at radius 3 is 2.41 bits per heavy atom. The summed E-state index contributed by atoms with van der Waals surface area (Å²) in [6.07, 6.45) is -0.457. The van der Waals surface area contributed by atoms with E-state index in [4.69, 9.17) is 15.2 Å². The molecule has 0 saturated carbocycles. The summed E-state index contributed by atoms with van der Waals surface area (Å²) in [5.74, 6) is -0.254. The van der Waals surface area contributed by atoms with Crippen molar-refractivity contribution in [3.05, 3.63) is 35.9 Å². The number of nitrogens with one attached hydrogen (secondary N) is 1. The van der Waals surface area contributed by atoms with Crippen LogP contribution in [-0.2, 0) is 14.3 Å². The largest absolute Gasteiger partial charge is 0.354 e. The minimum absolute atomic E-state index is 0.254. The van der Waals surface area contributed by atoms with Gasteiger partial charge in [-0.2, -0.15) is 0 Å². The van der Waals surface area contributed by atoms with Gasteiger partial charge in [0.05, 0.1) is 6.54 Å². The van der Waals surface area contributed by atoms with Crippen LogP contribution in [0, 0.1) is 0 Å². The summed E-state index contributed by atoms with van der Waals surface area (Å²) in [6.45, 7) is 0.270. The van der Waals surface area contributed by atoms with Crippen LogP contribution in [0.5, 0.6) is 0 Å². The van der Waals surface area contributed by atoms with Gasteiger partial charge in [-0.3, -0.25) is 4.79 Å². The maximum atomic E-state index is 11.7. The molecule has 3 N–H and O–H groups in total. The van der Waals surface area contributed by atoms with E-state index in [9.17, 15) is 4.79 Å². The molecule has 1 amide bonds. The third-order valence-electron chi connectivity index (χ3n) is 2.41. The van der Waals surface area contributed by atoms with Crippen LogP contribution in [0.25, 0.3) is 0 Å². The Kier molecular flexibility index (Phi) is 5.62.